The number of piperazine rings is 1. The number of carbonyl (C=O) groups is 2. The lowest BCUT2D eigenvalue weighted by atomic mass is 9.96. The smallest absolute Gasteiger partial charge is 0.274 e. The predicted octanol–water partition coefficient (Wildman–Crippen LogP) is 2.44. The molecule has 6 heteroatoms. The fourth-order valence-electron chi connectivity index (χ4n) is 3.25. The molecular weight excluding hydrogens is 340 g/mol. The minimum Gasteiger partial charge on any atom is -0.339 e. The standard InChI is InChI=1S/C21H26N4O2/c1-15(2)17-5-4-16(3)18(12-17)13-20(26)24-8-10-25(11-9-24)21(27)19-14-22-6-7-23-19/h4-7,12,14-15H,8-11,13H2,1-3H3. The molecule has 0 spiro atoms. The monoisotopic (exact) mass is 366 g/mol. The summed E-state index contributed by atoms with van der Waals surface area (Å²) in [6.45, 7) is 8.50. The van der Waals surface area contributed by atoms with Crippen LogP contribution in [0.2, 0.25) is 0 Å². The van der Waals surface area contributed by atoms with Crippen molar-refractivity contribution in [2.75, 3.05) is 26.2 Å². The summed E-state index contributed by atoms with van der Waals surface area (Å²) in [6, 6.07) is 6.37. The molecule has 2 aromatic rings. The van der Waals surface area contributed by atoms with Crippen LogP contribution in [0, 0.1) is 6.92 Å². The number of aryl methyl sites for hydroxylation is 1. The lowest BCUT2D eigenvalue weighted by molar-refractivity contribution is -0.131. The molecule has 0 saturated carbocycles. The average molecular weight is 366 g/mol. The number of amides is 2. The van der Waals surface area contributed by atoms with E-state index in [9.17, 15) is 9.59 Å². The Labute approximate surface area is 160 Å². The number of hydrogen-bond acceptors (Lipinski definition) is 4. The van der Waals surface area contributed by atoms with E-state index < -0.39 is 0 Å². The molecule has 6 nitrogen and oxygen atoms in total. The number of nitrogens with zero attached hydrogens (tertiary/aromatic N) is 4. The fraction of sp³-hybridized carbons (Fsp3) is 0.429. The van der Waals surface area contributed by atoms with Crippen molar-refractivity contribution < 1.29 is 9.59 Å². The van der Waals surface area contributed by atoms with Gasteiger partial charge in [0.2, 0.25) is 5.91 Å². The van der Waals surface area contributed by atoms with E-state index in [4.69, 9.17) is 0 Å². The molecule has 3 rings (SSSR count). The van der Waals surface area contributed by atoms with Gasteiger partial charge in [0.15, 0.2) is 0 Å². The second-order valence-corrected chi connectivity index (χ2v) is 7.28. The molecule has 1 saturated heterocycles. The Morgan fingerprint density at radius 3 is 2.41 bits per heavy atom. The molecule has 0 aliphatic carbocycles. The first-order chi connectivity index (χ1) is 13.0. The maximum atomic E-state index is 12.7. The zero-order chi connectivity index (χ0) is 19.4. The predicted molar refractivity (Wildman–Crippen MR) is 103 cm³/mol. The van der Waals surface area contributed by atoms with E-state index in [-0.39, 0.29) is 11.8 Å². The molecular formula is C21H26N4O2. The maximum absolute atomic E-state index is 12.7. The van der Waals surface area contributed by atoms with Crippen molar-refractivity contribution in [2.24, 2.45) is 0 Å². The number of rotatable bonds is 4. The Balaban J connectivity index is 1.59. The Hall–Kier alpha value is -2.76. The van der Waals surface area contributed by atoms with Crippen LogP contribution in [0.1, 0.15) is 46.9 Å². The summed E-state index contributed by atoms with van der Waals surface area (Å²) in [7, 11) is 0. The van der Waals surface area contributed by atoms with Gasteiger partial charge in [0.25, 0.3) is 5.91 Å². The summed E-state index contributed by atoms with van der Waals surface area (Å²) in [4.78, 5) is 36.8. The molecule has 1 aromatic heterocycles. The first-order valence-corrected chi connectivity index (χ1v) is 9.38. The topological polar surface area (TPSA) is 66.4 Å². The summed E-state index contributed by atoms with van der Waals surface area (Å²) in [5, 5.41) is 0. The van der Waals surface area contributed by atoms with Gasteiger partial charge in [0, 0.05) is 38.6 Å². The van der Waals surface area contributed by atoms with Crippen LogP contribution in [0.15, 0.2) is 36.8 Å². The molecule has 0 radical (unpaired) electrons. The SMILES string of the molecule is Cc1ccc(C(C)C)cc1CC(=O)N1CCN(C(=O)c2cnccn2)CC1. The average Bonchev–Trinajstić information content (AvgIpc) is 2.69. The third-order valence-corrected chi connectivity index (χ3v) is 5.08. The van der Waals surface area contributed by atoms with Crippen molar-refractivity contribution in [1.82, 2.24) is 19.8 Å². The first-order valence-electron chi connectivity index (χ1n) is 9.38. The van der Waals surface area contributed by atoms with Crippen LogP contribution in [0.25, 0.3) is 0 Å². The molecule has 0 N–H and O–H groups in total. The Morgan fingerprint density at radius 2 is 1.78 bits per heavy atom. The first kappa shape index (κ1) is 19.0. The third kappa shape index (κ3) is 4.51. The van der Waals surface area contributed by atoms with Crippen LogP contribution in [0.3, 0.4) is 0 Å². The highest BCUT2D eigenvalue weighted by atomic mass is 16.2. The van der Waals surface area contributed by atoms with Crippen molar-refractivity contribution in [1.29, 1.82) is 0 Å². The molecule has 1 aromatic carbocycles. The zero-order valence-electron chi connectivity index (χ0n) is 16.2. The number of benzene rings is 1. The van der Waals surface area contributed by atoms with Gasteiger partial charge in [-0.05, 0) is 29.5 Å². The van der Waals surface area contributed by atoms with Crippen LogP contribution >= 0.6 is 0 Å². The van der Waals surface area contributed by atoms with Gasteiger partial charge in [-0.2, -0.15) is 0 Å². The molecule has 2 heterocycles. The summed E-state index contributed by atoms with van der Waals surface area (Å²) in [5.74, 6) is 0.427. The van der Waals surface area contributed by atoms with Gasteiger partial charge in [0.05, 0.1) is 12.6 Å². The summed E-state index contributed by atoms with van der Waals surface area (Å²) in [5.41, 5.74) is 3.83. The summed E-state index contributed by atoms with van der Waals surface area (Å²) >= 11 is 0. The van der Waals surface area contributed by atoms with Gasteiger partial charge < -0.3 is 9.80 Å². The highest BCUT2D eigenvalue weighted by Gasteiger charge is 2.25. The van der Waals surface area contributed by atoms with Gasteiger partial charge in [-0.25, -0.2) is 4.98 Å². The Kier molecular flexibility index (Phi) is 5.84. The normalized spacial score (nSPS) is 14.5. The third-order valence-electron chi connectivity index (χ3n) is 5.08. The zero-order valence-corrected chi connectivity index (χ0v) is 16.2. The lowest BCUT2D eigenvalue weighted by Gasteiger charge is -2.34. The van der Waals surface area contributed by atoms with Crippen LogP contribution in [0.4, 0.5) is 0 Å². The minimum atomic E-state index is -0.129. The highest BCUT2D eigenvalue weighted by Crippen LogP contribution is 2.20. The largest absolute Gasteiger partial charge is 0.339 e. The van der Waals surface area contributed by atoms with Crippen molar-refractivity contribution >= 4 is 11.8 Å². The second-order valence-electron chi connectivity index (χ2n) is 7.28. The van der Waals surface area contributed by atoms with Gasteiger partial charge in [-0.3, -0.25) is 14.6 Å². The Bertz CT molecular complexity index is 812. The quantitative estimate of drug-likeness (QED) is 0.834. The van der Waals surface area contributed by atoms with E-state index in [1.54, 1.807) is 11.1 Å². The fourth-order valence-corrected chi connectivity index (χ4v) is 3.25. The molecule has 2 amide bonds. The highest BCUT2D eigenvalue weighted by molar-refractivity contribution is 5.92. The molecule has 1 aliphatic heterocycles. The maximum Gasteiger partial charge on any atom is 0.274 e. The summed E-state index contributed by atoms with van der Waals surface area (Å²) in [6.07, 6.45) is 4.94. The van der Waals surface area contributed by atoms with Crippen molar-refractivity contribution in [3.63, 3.8) is 0 Å². The van der Waals surface area contributed by atoms with Gasteiger partial charge in [0.1, 0.15) is 5.69 Å². The molecule has 0 unspecified atom stereocenters. The van der Waals surface area contributed by atoms with Crippen LogP contribution < -0.4 is 0 Å². The van der Waals surface area contributed by atoms with E-state index in [0.717, 1.165) is 11.1 Å². The summed E-state index contributed by atoms with van der Waals surface area (Å²) < 4.78 is 0. The molecule has 27 heavy (non-hydrogen) atoms. The van der Waals surface area contributed by atoms with E-state index in [1.165, 1.54) is 18.0 Å². The molecule has 1 aliphatic rings. The Morgan fingerprint density at radius 1 is 1.07 bits per heavy atom. The van der Waals surface area contributed by atoms with E-state index in [2.05, 4.69) is 42.0 Å². The number of hydrogen-bond donors (Lipinski definition) is 0. The van der Waals surface area contributed by atoms with Crippen molar-refractivity contribution in [2.45, 2.75) is 33.1 Å². The van der Waals surface area contributed by atoms with Gasteiger partial charge in [-0.1, -0.05) is 32.0 Å². The lowest BCUT2D eigenvalue weighted by Crippen LogP contribution is -2.51. The van der Waals surface area contributed by atoms with Gasteiger partial charge in [-0.15, -0.1) is 0 Å². The minimum absolute atomic E-state index is 0.116. The number of aromatic nitrogens is 2. The number of carbonyl (C=O) groups excluding carboxylic acids is 2. The van der Waals surface area contributed by atoms with E-state index in [1.807, 2.05) is 11.8 Å². The van der Waals surface area contributed by atoms with Crippen LogP contribution in [0.5, 0.6) is 0 Å². The van der Waals surface area contributed by atoms with Gasteiger partial charge >= 0.3 is 0 Å². The van der Waals surface area contributed by atoms with Crippen molar-refractivity contribution in [3.05, 3.63) is 59.2 Å². The molecule has 142 valence electrons. The second kappa shape index (κ2) is 8.29. The molecule has 0 bridgehead atoms. The van der Waals surface area contributed by atoms with Crippen LogP contribution in [-0.4, -0.2) is 57.8 Å². The van der Waals surface area contributed by atoms with E-state index >= 15 is 0 Å². The molecule has 1 fully saturated rings. The van der Waals surface area contributed by atoms with E-state index in [0.29, 0.717) is 44.2 Å². The molecule has 0 atom stereocenters. The van der Waals surface area contributed by atoms with Crippen LogP contribution in [-0.2, 0) is 11.2 Å². The van der Waals surface area contributed by atoms with Crippen molar-refractivity contribution in [3.8, 4) is 0 Å².